The van der Waals surface area contributed by atoms with Crippen LogP contribution in [0.15, 0.2) is 54.6 Å². The Labute approximate surface area is 170 Å². The number of ether oxygens (including phenoxy) is 1. The van der Waals surface area contributed by atoms with Crippen molar-refractivity contribution in [3.8, 4) is 5.75 Å². The minimum Gasteiger partial charge on any atom is -0.476 e. The summed E-state index contributed by atoms with van der Waals surface area (Å²) >= 11 is 1.73. The van der Waals surface area contributed by atoms with Crippen LogP contribution in [-0.4, -0.2) is 45.0 Å². The highest BCUT2D eigenvalue weighted by molar-refractivity contribution is 7.98. The molecule has 1 aliphatic rings. The van der Waals surface area contributed by atoms with E-state index in [9.17, 15) is 13.2 Å². The number of sulfonamides is 1. The number of carbonyl (C=O) groups excluding carboxylic acids is 1. The SMILES string of the molecule is CCS(=O)(=O)N1C[C@H](C(=O)NCCSCc2ccccc2)Oc2ccccc21. The van der Waals surface area contributed by atoms with E-state index in [0.29, 0.717) is 18.0 Å². The normalized spacial score (nSPS) is 16.2. The molecule has 0 spiro atoms. The third-order valence-corrected chi connectivity index (χ3v) is 7.16. The maximum atomic E-state index is 12.5. The molecule has 1 atom stereocenters. The van der Waals surface area contributed by atoms with Gasteiger partial charge in [-0.2, -0.15) is 11.8 Å². The third kappa shape index (κ3) is 4.99. The molecule has 28 heavy (non-hydrogen) atoms. The van der Waals surface area contributed by atoms with Crippen molar-refractivity contribution in [2.24, 2.45) is 0 Å². The van der Waals surface area contributed by atoms with Gasteiger partial charge in [0.1, 0.15) is 5.75 Å². The number of fused-ring (bicyclic) bond motifs is 1. The summed E-state index contributed by atoms with van der Waals surface area (Å²) in [5.41, 5.74) is 1.72. The van der Waals surface area contributed by atoms with Crippen LogP contribution in [0.25, 0.3) is 0 Å². The maximum absolute atomic E-state index is 12.5. The zero-order valence-corrected chi connectivity index (χ0v) is 17.3. The lowest BCUT2D eigenvalue weighted by Gasteiger charge is -2.34. The Balaban J connectivity index is 1.55. The van der Waals surface area contributed by atoms with Crippen LogP contribution in [0.4, 0.5) is 5.69 Å². The number of benzene rings is 2. The minimum atomic E-state index is -3.49. The minimum absolute atomic E-state index is 0.0177. The quantitative estimate of drug-likeness (QED) is 0.665. The first-order valence-corrected chi connectivity index (χ1v) is 11.9. The van der Waals surface area contributed by atoms with Crippen LogP contribution in [0.3, 0.4) is 0 Å². The molecule has 0 saturated carbocycles. The average molecular weight is 421 g/mol. The number of anilines is 1. The van der Waals surface area contributed by atoms with E-state index in [-0.39, 0.29) is 18.2 Å². The highest BCUT2D eigenvalue weighted by Gasteiger charge is 2.35. The molecule has 1 amide bonds. The smallest absolute Gasteiger partial charge is 0.263 e. The highest BCUT2D eigenvalue weighted by atomic mass is 32.2. The number of hydrogen-bond acceptors (Lipinski definition) is 5. The molecule has 0 saturated heterocycles. The van der Waals surface area contributed by atoms with Gasteiger partial charge < -0.3 is 10.1 Å². The van der Waals surface area contributed by atoms with E-state index in [1.54, 1.807) is 43.0 Å². The molecule has 8 heteroatoms. The summed E-state index contributed by atoms with van der Waals surface area (Å²) in [5.74, 6) is 1.72. The molecule has 0 aromatic heterocycles. The van der Waals surface area contributed by atoms with Crippen LogP contribution in [0.5, 0.6) is 5.75 Å². The van der Waals surface area contributed by atoms with Gasteiger partial charge in [0, 0.05) is 18.1 Å². The zero-order chi connectivity index (χ0) is 20.0. The van der Waals surface area contributed by atoms with Crippen molar-refractivity contribution >= 4 is 33.4 Å². The molecular formula is C20H24N2O4S2. The Morgan fingerprint density at radius 3 is 2.64 bits per heavy atom. The summed E-state index contributed by atoms with van der Waals surface area (Å²) in [7, 11) is -3.49. The second-order valence-corrected chi connectivity index (χ2v) is 9.62. The molecule has 0 radical (unpaired) electrons. The molecule has 3 rings (SSSR count). The van der Waals surface area contributed by atoms with Crippen molar-refractivity contribution in [3.63, 3.8) is 0 Å². The number of nitrogens with zero attached hydrogens (tertiary/aromatic N) is 1. The van der Waals surface area contributed by atoms with Gasteiger partial charge in [0.05, 0.1) is 18.0 Å². The first-order valence-electron chi connectivity index (χ1n) is 9.16. The van der Waals surface area contributed by atoms with Crippen molar-refractivity contribution in [2.75, 3.05) is 28.9 Å². The summed E-state index contributed by atoms with van der Waals surface area (Å²) in [4.78, 5) is 12.5. The van der Waals surface area contributed by atoms with Crippen molar-refractivity contribution in [3.05, 3.63) is 60.2 Å². The third-order valence-electron chi connectivity index (χ3n) is 4.39. The molecule has 0 aliphatic carbocycles. The molecule has 150 valence electrons. The fourth-order valence-corrected chi connectivity index (χ4v) is 4.83. The Morgan fingerprint density at radius 2 is 1.89 bits per heavy atom. The summed E-state index contributed by atoms with van der Waals surface area (Å²) in [5, 5.41) is 2.85. The van der Waals surface area contributed by atoms with Gasteiger partial charge in [-0.1, -0.05) is 42.5 Å². The second kappa shape index (κ2) is 9.34. The Morgan fingerprint density at radius 1 is 1.18 bits per heavy atom. The average Bonchev–Trinajstić information content (AvgIpc) is 2.73. The van der Waals surface area contributed by atoms with Crippen LogP contribution in [0, 0.1) is 0 Å². The summed E-state index contributed by atoms with van der Waals surface area (Å²) in [6.45, 7) is 2.07. The number of para-hydroxylation sites is 2. The van der Waals surface area contributed by atoms with Crippen LogP contribution in [0.2, 0.25) is 0 Å². The van der Waals surface area contributed by atoms with Crippen LogP contribution in [0.1, 0.15) is 12.5 Å². The summed E-state index contributed by atoms with van der Waals surface area (Å²) in [6.07, 6.45) is -0.865. The molecule has 0 fully saturated rings. The van der Waals surface area contributed by atoms with Crippen molar-refractivity contribution in [1.29, 1.82) is 0 Å². The Hall–Kier alpha value is -2.19. The second-order valence-electron chi connectivity index (χ2n) is 6.34. The Kier molecular flexibility index (Phi) is 6.85. The molecule has 0 bridgehead atoms. The van der Waals surface area contributed by atoms with Crippen molar-refractivity contribution < 1.29 is 17.9 Å². The number of thioether (sulfide) groups is 1. The van der Waals surface area contributed by atoms with Crippen LogP contribution >= 0.6 is 11.8 Å². The van der Waals surface area contributed by atoms with E-state index >= 15 is 0 Å². The van der Waals surface area contributed by atoms with Gasteiger partial charge >= 0.3 is 0 Å². The lowest BCUT2D eigenvalue weighted by atomic mass is 10.2. The van der Waals surface area contributed by atoms with Gasteiger partial charge in [-0.25, -0.2) is 8.42 Å². The van der Waals surface area contributed by atoms with Crippen molar-refractivity contribution in [1.82, 2.24) is 5.32 Å². The molecule has 1 aliphatic heterocycles. The molecule has 0 unspecified atom stereocenters. The predicted octanol–water partition coefficient (Wildman–Crippen LogP) is 2.65. The standard InChI is InChI=1S/C20H24N2O4S2/c1-2-28(24,25)22-14-19(26-18-11-7-6-10-17(18)22)20(23)21-12-13-27-15-16-8-4-3-5-9-16/h3-11,19H,2,12-15H2,1H3,(H,21,23)/t19-/m1/s1. The van der Waals surface area contributed by atoms with Gasteiger partial charge in [-0.05, 0) is 24.6 Å². The topological polar surface area (TPSA) is 75.7 Å². The summed E-state index contributed by atoms with van der Waals surface area (Å²) in [6, 6.07) is 17.0. The zero-order valence-electron chi connectivity index (χ0n) is 15.7. The predicted molar refractivity (Wildman–Crippen MR) is 113 cm³/mol. The van der Waals surface area contributed by atoms with E-state index in [4.69, 9.17) is 4.74 Å². The van der Waals surface area contributed by atoms with E-state index in [1.807, 2.05) is 18.2 Å². The van der Waals surface area contributed by atoms with Gasteiger partial charge in [-0.15, -0.1) is 0 Å². The number of rotatable bonds is 8. The van der Waals surface area contributed by atoms with Gasteiger partial charge in [0.25, 0.3) is 5.91 Å². The van der Waals surface area contributed by atoms with E-state index in [1.165, 1.54) is 9.87 Å². The Bertz CT molecular complexity index is 903. The molecule has 1 N–H and O–H groups in total. The summed E-state index contributed by atoms with van der Waals surface area (Å²) < 4.78 is 32.0. The number of amides is 1. The molecule has 2 aromatic rings. The molecular weight excluding hydrogens is 396 g/mol. The number of nitrogens with one attached hydrogen (secondary N) is 1. The molecule has 1 heterocycles. The number of hydrogen-bond donors (Lipinski definition) is 1. The first kappa shape index (κ1) is 20.5. The fourth-order valence-electron chi connectivity index (χ4n) is 2.88. The van der Waals surface area contributed by atoms with Crippen molar-refractivity contribution in [2.45, 2.75) is 18.8 Å². The van der Waals surface area contributed by atoms with Gasteiger partial charge in [0.15, 0.2) is 6.10 Å². The fraction of sp³-hybridized carbons (Fsp3) is 0.350. The first-order chi connectivity index (χ1) is 13.5. The maximum Gasteiger partial charge on any atom is 0.263 e. The van der Waals surface area contributed by atoms with Crippen LogP contribution < -0.4 is 14.4 Å². The van der Waals surface area contributed by atoms with Crippen LogP contribution in [-0.2, 0) is 20.6 Å². The molecule has 2 aromatic carbocycles. The van der Waals surface area contributed by atoms with Gasteiger partial charge in [-0.3, -0.25) is 9.10 Å². The lowest BCUT2D eigenvalue weighted by Crippen LogP contribution is -2.51. The van der Waals surface area contributed by atoms with E-state index in [0.717, 1.165) is 11.5 Å². The number of carbonyl (C=O) groups is 1. The van der Waals surface area contributed by atoms with E-state index < -0.39 is 16.1 Å². The van der Waals surface area contributed by atoms with E-state index in [2.05, 4.69) is 17.4 Å². The lowest BCUT2D eigenvalue weighted by molar-refractivity contribution is -0.127. The van der Waals surface area contributed by atoms with Gasteiger partial charge in [0.2, 0.25) is 10.0 Å². The highest BCUT2D eigenvalue weighted by Crippen LogP contribution is 2.35. The monoisotopic (exact) mass is 420 g/mol. The molecule has 6 nitrogen and oxygen atoms in total. The largest absolute Gasteiger partial charge is 0.476 e.